The predicted molar refractivity (Wildman–Crippen MR) is 128 cm³/mol. The molecule has 2 unspecified atom stereocenters. The monoisotopic (exact) mass is 520 g/mol. The molecule has 1 aliphatic heterocycles. The third-order valence-electron chi connectivity index (χ3n) is 7.10. The van der Waals surface area contributed by atoms with Gasteiger partial charge in [0.05, 0.1) is 23.6 Å². The first-order valence-corrected chi connectivity index (χ1v) is 12.2. The van der Waals surface area contributed by atoms with Crippen LogP contribution in [0.5, 0.6) is 0 Å². The minimum Gasteiger partial charge on any atom is -0.391 e. The van der Waals surface area contributed by atoms with Crippen molar-refractivity contribution < 1.29 is 27.5 Å². The molecule has 0 bridgehead atoms. The molecule has 1 saturated carbocycles. The van der Waals surface area contributed by atoms with Crippen LogP contribution in [0.1, 0.15) is 30.4 Å². The van der Waals surface area contributed by atoms with Crippen molar-refractivity contribution in [2.75, 3.05) is 24.5 Å². The number of rotatable bonds is 8. The van der Waals surface area contributed by atoms with Crippen LogP contribution in [-0.2, 0) is 24.1 Å². The highest BCUT2D eigenvalue weighted by atomic mass is 19.4. The number of β-amino-alcohol motifs (C(OH)–C–C–N with tert-alkyl or cyclic N) is 1. The van der Waals surface area contributed by atoms with Gasteiger partial charge in [0.2, 0.25) is 5.91 Å². The number of hydrogen-bond donors (Lipinski definition) is 2. The molecule has 37 heavy (non-hydrogen) atoms. The Morgan fingerprint density at radius 1 is 1.16 bits per heavy atom. The summed E-state index contributed by atoms with van der Waals surface area (Å²) in [5.41, 5.74) is 5.60. The number of primary amides is 1. The summed E-state index contributed by atoms with van der Waals surface area (Å²) in [6.45, 7) is 1.60. The van der Waals surface area contributed by atoms with E-state index >= 15 is 4.39 Å². The van der Waals surface area contributed by atoms with E-state index in [0.29, 0.717) is 43.1 Å². The van der Waals surface area contributed by atoms with Crippen LogP contribution in [0.15, 0.2) is 36.8 Å². The van der Waals surface area contributed by atoms with Crippen LogP contribution in [0.2, 0.25) is 0 Å². The number of nitrogens with two attached hydrogens (primary N) is 1. The second kappa shape index (κ2) is 9.90. The van der Waals surface area contributed by atoms with Gasteiger partial charge in [-0.3, -0.25) is 9.69 Å². The van der Waals surface area contributed by atoms with Crippen molar-refractivity contribution >= 4 is 22.8 Å². The molecule has 1 amide bonds. The van der Waals surface area contributed by atoms with Gasteiger partial charge in [-0.2, -0.15) is 13.2 Å². The van der Waals surface area contributed by atoms with E-state index in [1.54, 1.807) is 9.47 Å². The average Bonchev–Trinajstić information content (AvgIpc) is 3.63. The minimum atomic E-state index is -4.41. The van der Waals surface area contributed by atoms with Gasteiger partial charge < -0.3 is 20.3 Å². The summed E-state index contributed by atoms with van der Waals surface area (Å²) < 4.78 is 55.9. The molecule has 0 radical (unpaired) electrons. The summed E-state index contributed by atoms with van der Waals surface area (Å²) in [6.07, 6.45) is -0.0373. The molecule has 12 heteroatoms. The lowest BCUT2D eigenvalue weighted by molar-refractivity contribution is -0.137. The average molecular weight is 521 g/mol. The molecule has 0 spiro atoms. The summed E-state index contributed by atoms with van der Waals surface area (Å²) in [6, 6.07) is 5.08. The number of piperidine rings is 1. The summed E-state index contributed by atoms with van der Waals surface area (Å²) in [4.78, 5) is 23.6. The number of halogens is 4. The number of carbonyl (C=O) groups excluding carboxylic acids is 1. The van der Waals surface area contributed by atoms with E-state index in [-0.39, 0.29) is 30.4 Å². The fourth-order valence-electron chi connectivity index (χ4n) is 5.05. The molecule has 1 aromatic carbocycles. The second-order valence-corrected chi connectivity index (χ2v) is 9.90. The number of amides is 1. The van der Waals surface area contributed by atoms with Gasteiger partial charge in [0.15, 0.2) is 5.82 Å². The summed E-state index contributed by atoms with van der Waals surface area (Å²) in [7, 11) is 0. The number of alkyl halides is 3. The first-order chi connectivity index (χ1) is 17.6. The number of aliphatic hydroxyl groups is 1. The van der Waals surface area contributed by atoms with Crippen molar-refractivity contribution in [3.63, 3.8) is 0 Å². The lowest BCUT2D eigenvalue weighted by atomic mass is 9.93. The molecule has 198 valence electrons. The first kappa shape index (κ1) is 25.4. The molecule has 2 fully saturated rings. The van der Waals surface area contributed by atoms with Gasteiger partial charge in [-0.1, -0.05) is 12.1 Å². The zero-order valence-electron chi connectivity index (χ0n) is 20.0. The Hall–Kier alpha value is -3.25. The first-order valence-electron chi connectivity index (χ1n) is 12.2. The summed E-state index contributed by atoms with van der Waals surface area (Å²) >= 11 is 0. The Morgan fingerprint density at radius 3 is 2.51 bits per heavy atom. The number of likely N-dealkylation sites (tertiary alicyclic amines) is 1. The van der Waals surface area contributed by atoms with Crippen LogP contribution < -0.4 is 10.6 Å². The van der Waals surface area contributed by atoms with Crippen molar-refractivity contribution in [2.24, 2.45) is 11.7 Å². The van der Waals surface area contributed by atoms with E-state index in [2.05, 4.69) is 9.97 Å². The molecular formula is C25H28F4N6O2. The number of carbonyl (C=O) groups is 1. The van der Waals surface area contributed by atoms with Crippen molar-refractivity contribution in [3.05, 3.63) is 53.7 Å². The lowest BCUT2D eigenvalue weighted by Gasteiger charge is -2.35. The van der Waals surface area contributed by atoms with Gasteiger partial charge in [0, 0.05) is 37.8 Å². The fraction of sp³-hybridized carbons (Fsp3) is 0.480. The van der Waals surface area contributed by atoms with Crippen LogP contribution >= 0.6 is 0 Å². The van der Waals surface area contributed by atoms with Crippen molar-refractivity contribution in [3.8, 4) is 0 Å². The number of fused-ring (bicyclic) bond motifs is 1. The van der Waals surface area contributed by atoms with E-state index < -0.39 is 29.6 Å². The lowest BCUT2D eigenvalue weighted by Crippen LogP contribution is -2.47. The van der Waals surface area contributed by atoms with Crippen LogP contribution in [0.25, 0.3) is 11.0 Å². The molecule has 8 nitrogen and oxygen atoms in total. The Bertz CT molecular complexity index is 1270. The predicted octanol–water partition coefficient (Wildman–Crippen LogP) is 2.93. The molecule has 3 N–H and O–H groups in total. The highest BCUT2D eigenvalue weighted by Gasteiger charge is 2.34. The maximum absolute atomic E-state index is 15.3. The zero-order valence-corrected chi connectivity index (χ0v) is 20.0. The van der Waals surface area contributed by atoms with Gasteiger partial charge in [-0.05, 0) is 43.5 Å². The molecule has 3 heterocycles. The quantitative estimate of drug-likeness (QED) is 0.443. The summed E-state index contributed by atoms with van der Waals surface area (Å²) in [5, 5.41) is 10.9. The van der Waals surface area contributed by atoms with Crippen molar-refractivity contribution in [2.45, 2.75) is 50.7 Å². The maximum Gasteiger partial charge on any atom is 0.416 e. The van der Waals surface area contributed by atoms with Gasteiger partial charge in [0.1, 0.15) is 17.8 Å². The van der Waals surface area contributed by atoms with E-state index in [0.717, 1.165) is 25.0 Å². The zero-order chi connectivity index (χ0) is 26.3. The van der Waals surface area contributed by atoms with Crippen LogP contribution in [0, 0.1) is 11.7 Å². The number of hydrogen-bond acceptors (Lipinski definition) is 6. The van der Waals surface area contributed by atoms with Gasteiger partial charge in [0.25, 0.3) is 0 Å². The van der Waals surface area contributed by atoms with Crippen molar-refractivity contribution in [1.29, 1.82) is 0 Å². The molecule has 2 aliphatic rings. The molecule has 2 atom stereocenters. The molecule has 1 aliphatic carbocycles. The van der Waals surface area contributed by atoms with Gasteiger partial charge in [-0.25, -0.2) is 14.4 Å². The Morgan fingerprint density at radius 2 is 1.89 bits per heavy atom. The van der Waals surface area contributed by atoms with Crippen LogP contribution in [0.3, 0.4) is 0 Å². The number of aromatic nitrogens is 3. The minimum absolute atomic E-state index is 0.0807. The van der Waals surface area contributed by atoms with E-state index in [1.807, 2.05) is 4.90 Å². The Kier molecular flexibility index (Phi) is 6.80. The largest absolute Gasteiger partial charge is 0.416 e. The SMILES string of the molecule is NC(=O)CN1CCC(Cn2cc(F)c3c(N(Cc4ccc(C(F)(F)F)cc4)C4CC4)ncnc32)C(O)C1. The van der Waals surface area contributed by atoms with E-state index in [1.165, 1.54) is 24.7 Å². The maximum atomic E-state index is 15.3. The normalized spacial score (nSPS) is 20.9. The van der Waals surface area contributed by atoms with Crippen LogP contribution in [-0.4, -0.2) is 62.2 Å². The molecule has 5 rings (SSSR count). The Balaban J connectivity index is 1.38. The van der Waals surface area contributed by atoms with E-state index in [4.69, 9.17) is 5.73 Å². The third kappa shape index (κ3) is 5.54. The second-order valence-electron chi connectivity index (χ2n) is 9.90. The number of aliphatic hydroxyl groups excluding tert-OH is 1. The van der Waals surface area contributed by atoms with Gasteiger partial charge >= 0.3 is 6.18 Å². The van der Waals surface area contributed by atoms with Crippen LogP contribution in [0.4, 0.5) is 23.4 Å². The third-order valence-corrected chi connectivity index (χ3v) is 7.10. The fourth-order valence-corrected chi connectivity index (χ4v) is 5.05. The summed E-state index contributed by atoms with van der Waals surface area (Å²) in [5.74, 6) is -0.709. The highest BCUT2D eigenvalue weighted by molar-refractivity contribution is 5.89. The molecular weight excluding hydrogens is 492 g/mol. The standard InChI is InChI=1S/C25H28F4N6O2/c26-19-11-34(10-16-7-8-33(12-20(16)36)13-21(30)37)23-22(19)24(32-14-31-23)35(18-5-6-18)9-15-1-3-17(4-2-15)25(27,28)29/h1-4,11,14,16,18,20,36H,5-10,12-13H2,(H2,30,37). The van der Waals surface area contributed by atoms with Gasteiger partial charge in [-0.15, -0.1) is 0 Å². The number of benzene rings is 1. The topological polar surface area (TPSA) is 101 Å². The number of nitrogens with zero attached hydrogens (tertiary/aromatic N) is 5. The van der Waals surface area contributed by atoms with Crippen molar-refractivity contribution in [1.82, 2.24) is 19.4 Å². The Labute approximate surface area is 210 Å². The molecule has 2 aromatic heterocycles. The molecule has 3 aromatic rings. The van der Waals surface area contributed by atoms with E-state index in [9.17, 15) is 23.1 Å². The molecule has 1 saturated heterocycles. The number of anilines is 1. The highest BCUT2D eigenvalue weighted by Crippen LogP contribution is 2.37. The smallest absolute Gasteiger partial charge is 0.391 e.